The standard InChI is InChI=1S/C20H20N4O2/c1-13-6-3-4-9-16(13)19-17-11-24(12-18(17)22-23-19)20(25)21-14-7-5-8-15(10-14)26-2/h3-10H,11-12H2,1-2H3,(H,21,25)(H,22,23). The van der Waals surface area contributed by atoms with E-state index < -0.39 is 0 Å². The molecule has 6 nitrogen and oxygen atoms in total. The Bertz CT molecular complexity index is 964. The van der Waals surface area contributed by atoms with Gasteiger partial charge in [0.25, 0.3) is 0 Å². The van der Waals surface area contributed by atoms with Crippen LogP contribution in [-0.2, 0) is 13.1 Å². The van der Waals surface area contributed by atoms with Gasteiger partial charge in [0.15, 0.2) is 0 Å². The zero-order valence-corrected chi connectivity index (χ0v) is 14.7. The SMILES string of the molecule is COc1cccc(NC(=O)N2Cc3[nH]nc(-c4ccccc4C)c3C2)c1. The molecule has 2 N–H and O–H groups in total. The lowest BCUT2D eigenvalue weighted by atomic mass is 10.0. The molecular weight excluding hydrogens is 328 g/mol. The van der Waals surface area contributed by atoms with Gasteiger partial charge in [-0.1, -0.05) is 30.3 Å². The van der Waals surface area contributed by atoms with E-state index in [1.54, 1.807) is 18.1 Å². The van der Waals surface area contributed by atoms with Crippen LogP contribution >= 0.6 is 0 Å². The summed E-state index contributed by atoms with van der Waals surface area (Å²) in [5.74, 6) is 0.709. The Morgan fingerprint density at radius 1 is 1.19 bits per heavy atom. The summed E-state index contributed by atoms with van der Waals surface area (Å²) in [7, 11) is 1.61. The molecule has 132 valence electrons. The molecule has 1 aromatic heterocycles. The lowest BCUT2D eigenvalue weighted by molar-refractivity contribution is 0.212. The number of H-pyrrole nitrogens is 1. The molecule has 1 aliphatic heterocycles. The smallest absolute Gasteiger partial charge is 0.322 e. The average Bonchev–Trinajstić information content (AvgIpc) is 3.23. The Kier molecular flexibility index (Phi) is 4.08. The molecule has 0 saturated carbocycles. The number of benzene rings is 2. The van der Waals surface area contributed by atoms with Gasteiger partial charge in [0.05, 0.1) is 31.6 Å². The molecule has 2 heterocycles. The first-order valence-corrected chi connectivity index (χ1v) is 8.48. The third kappa shape index (κ3) is 2.90. The maximum atomic E-state index is 12.6. The van der Waals surface area contributed by atoms with Gasteiger partial charge in [-0.15, -0.1) is 0 Å². The highest BCUT2D eigenvalue weighted by Crippen LogP contribution is 2.32. The van der Waals surface area contributed by atoms with Gasteiger partial charge in [-0.05, 0) is 24.6 Å². The van der Waals surface area contributed by atoms with Crippen LogP contribution in [0.2, 0.25) is 0 Å². The number of anilines is 1. The van der Waals surface area contributed by atoms with Gasteiger partial charge >= 0.3 is 6.03 Å². The lowest BCUT2D eigenvalue weighted by Gasteiger charge is -2.17. The largest absolute Gasteiger partial charge is 0.497 e. The first-order chi connectivity index (χ1) is 12.7. The first-order valence-electron chi connectivity index (χ1n) is 8.48. The van der Waals surface area contributed by atoms with Crippen molar-refractivity contribution in [3.05, 3.63) is 65.4 Å². The third-order valence-electron chi connectivity index (χ3n) is 4.66. The average molecular weight is 348 g/mol. The predicted octanol–water partition coefficient (Wildman–Crippen LogP) is 3.94. The summed E-state index contributed by atoms with van der Waals surface area (Å²) >= 11 is 0. The number of aromatic nitrogens is 2. The zero-order valence-electron chi connectivity index (χ0n) is 14.7. The number of amides is 2. The van der Waals surface area contributed by atoms with Crippen molar-refractivity contribution in [1.29, 1.82) is 0 Å². The Hall–Kier alpha value is -3.28. The maximum Gasteiger partial charge on any atom is 0.322 e. The van der Waals surface area contributed by atoms with Crippen molar-refractivity contribution in [2.75, 3.05) is 12.4 Å². The highest BCUT2D eigenvalue weighted by molar-refractivity contribution is 5.90. The monoisotopic (exact) mass is 348 g/mol. The van der Waals surface area contributed by atoms with E-state index in [-0.39, 0.29) is 6.03 Å². The van der Waals surface area contributed by atoms with E-state index in [4.69, 9.17) is 4.74 Å². The van der Waals surface area contributed by atoms with Gasteiger partial charge in [-0.3, -0.25) is 5.10 Å². The summed E-state index contributed by atoms with van der Waals surface area (Å²) in [6.07, 6.45) is 0. The van der Waals surface area contributed by atoms with Crippen LogP contribution in [0.15, 0.2) is 48.5 Å². The van der Waals surface area contributed by atoms with E-state index in [1.165, 1.54) is 5.56 Å². The van der Waals surface area contributed by atoms with E-state index in [1.807, 2.05) is 30.3 Å². The van der Waals surface area contributed by atoms with Crippen molar-refractivity contribution in [1.82, 2.24) is 15.1 Å². The fourth-order valence-corrected chi connectivity index (χ4v) is 3.25. The maximum absolute atomic E-state index is 12.6. The number of carbonyl (C=O) groups is 1. The number of urea groups is 1. The molecule has 2 amide bonds. The lowest BCUT2D eigenvalue weighted by Crippen LogP contribution is -2.30. The number of methoxy groups -OCH3 is 1. The van der Waals surface area contributed by atoms with Crippen LogP contribution < -0.4 is 10.1 Å². The van der Waals surface area contributed by atoms with Gasteiger partial charge in [0.2, 0.25) is 0 Å². The second kappa shape index (κ2) is 6.55. The van der Waals surface area contributed by atoms with Crippen LogP contribution in [0.1, 0.15) is 16.8 Å². The molecule has 0 unspecified atom stereocenters. The molecule has 0 aliphatic carbocycles. The fraction of sp³-hybridized carbons (Fsp3) is 0.200. The van der Waals surface area contributed by atoms with Gasteiger partial charge in [0.1, 0.15) is 5.75 Å². The number of carbonyl (C=O) groups excluding carboxylic acids is 1. The summed E-state index contributed by atoms with van der Waals surface area (Å²) in [4.78, 5) is 14.4. The molecule has 0 spiro atoms. The molecule has 0 atom stereocenters. The summed E-state index contributed by atoms with van der Waals surface area (Å²) in [5, 5.41) is 10.5. The van der Waals surface area contributed by atoms with Gasteiger partial charge in [0, 0.05) is 22.9 Å². The van der Waals surface area contributed by atoms with Crippen molar-refractivity contribution >= 4 is 11.7 Å². The zero-order chi connectivity index (χ0) is 18.1. The summed E-state index contributed by atoms with van der Waals surface area (Å²) in [5.41, 5.74) is 5.97. The number of hydrogen-bond donors (Lipinski definition) is 2. The normalized spacial score (nSPS) is 12.8. The van der Waals surface area contributed by atoms with E-state index in [0.717, 1.165) is 22.5 Å². The molecule has 0 fully saturated rings. The summed E-state index contributed by atoms with van der Waals surface area (Å²) in [6.45, 7) is 3.12. The Labute approximate surface area is 151 Å². The van der Waals surface area contributed by atoms with Crippen LogP contribution in [0, 0.1) is 6.92 Å². The molecule has 6 heteroatoms. The number of aryl methyl sites for hydroxylation is 1. The molecule has 1 aliphatic rings. The predicted molar refractivity (Wildman–Crippen MR) is 100 cm³/mol. The Morgan fingerprint density at radius 2 is 2.04 bits per heavy atom. The second-order valence-electron chi connectivity index (χ2n) is 6.36. The fourth-order valence-electron chi connectivity index (χ4n) is 3.25. The molecule has 2 aromatic carbocycles. The van der Waals surface area contributed by atoms with Gasteiger partial charge in [-0.2, -0.15) is 5.10 Å². The van der Waals surface area contributed by atoms with Crippen LogP contribution in [0.4, 0.5) is 10.5 Å². The highest BCUT2D eigenvalue weighted by atomic mass is 16.5. The minimum absolute atomic E-state index is 0.140. The van der Waals surface area contributed by atoms with Crippen LogP contribution in [0.5, 0.6) is 5.75 Å². The van der Waals surface area contributed by atoms with Crippen LogP contribution in [-0.4, -0.2) is 28.2 Å². The Morgan fingerprint density at radius 3 is 2.85 bits per heavy atom. The number of nitrogens with one attached hydrogen (secondary N) is 2. The second-order valence-corrected chi connectivity index (χ2v) is 6.36. The van der Waals surface area contributed by atoms with Gasteiger partial charge < -0.3 is 15.0 Å². The minimum atomic E-state index is -0.140. The Balaban J connectivity index is 1.52. The molecule has 0 bridgehead atoms. The molecule has 3 aromatic rings. The van der Waals surface area contributed by atoms with Crippen LogP contribution in [0.3, 0.4) is 0 Å². The van der Waals surface area contributed by atoms with Crippen molar-refractivity contribution in [3.8, 4) is 17.0 Å². The number of hydrogen-bond acceptors (Lipinski definition) is 3. The number of nitrogens with zero attached hydrogens (tertiary/aromatic N) is 2. The topological polar surface area (TPSA) is 70.2 Å². The van der Waals surface area contributed by atoms with E-state index >= 15 is 0 Å². The molecular formula is C20H20N4O2. The quantitative estimate of drug-likeness (QED) is 0.753. The van der Waals surface area contributed by atoms with E-state index in [9.17, 15) is 4.79 Å². The minimum Gasteiger partial charge on any atom is -0.497 e. The molecule has 4 rings (SSSR count). The molecule has 0 saturated heterocycles. The van der Waals surface area contributed by atoms with Crippen LogP contribution in [0.25, 0.3) is 11.3 Å². The van der Waals surface area contributed by atoms with Crippen molar-refractivity contribution in [3.63, 3.8) is 0 Å². The van der Waals surface area contributed by atoms with Crippen molar-refractivity contribution in [2.24, 2.45) is 0 Å². The van der Waals surface area contributed by atoms with E-state index in [0.29, 0.717) is 24.5 Å². The van der Waals surface area contributed by atoms with Crippen molar-refractivity contribution in [2.45, 2.75) is 20.0 Å². The number of rotatable bonds is 3. The highest BCUT2D eigenvalue weighted by Gasteiger charge is 2.29. The van der Waals surface area contributed by atoms with Crippen molar-refractivity contribution < 1.29 is 9.53 Å². The first kappa shape index (κ1) is 16.2. The number of fused-ring (bicyclic) bond motifs is 1. The summed E-state index contributed by atoms with van der Waals surface area (Å²) in [6, 6.07) is 15.3. The van der Waals surface area contributed by atoms with E-state index in [2.05, 4.69) is 34.6 Å². The molecule has 26 heavy (non-hydrogen) atoms. The summed E-state index contributed by atoms with van der Waals surface area (Å²) < 4.78 is 5.20. The number of ether oxygens (including phenoxy) is 1. The third-order valence-corrected chi connectivity index (χ3v) is 4.66. The van der Waals surface area contributed by atoms with Gasteiger partial charge in [-0.25, -0.2) is 4.79 Å². The number of aromatic amines is 1. The molecule has 0 radical (unpaired) electrons.